The number of aromatic nitrogens is 2. The molecule has 2 aromatic rings. The van der Waals surface area contributed by atoms with Crippen LogP contribution in [0.1, 0.15) is 60.7 Å². The normalized spacial score (nSPS) is 20.4. The molecule has 2 aliphatic heterocycles. The van der Waals surface area contributed by atoms with E-state index in [-0.39, 0.29) is 5.91 Å². The third-order valence-corrected chi connectivity index (χ3v) is 7.00. The molecular weight excluding hydrogens is 372 g/mol. The van der Waals surface area contributed by atoms with E-state index in [9.17, 15) is 4.79 Å². The smallest absolute Gasteiger partial charge is 0.228 e. The van der Waals surface area contributed by atoms with Gasteiger partial charge in [0.15, 0.2) is 0 Å². The highest BCUT2D eigenvalue weighted by Crippen LogP contribution is 2.36. The van der Waals surface area contributed by atoms with Gasteiger partial charge in [0.2, 0.25) is 5.91 Å². The zero-order chi connectivity index (χ0) is 20.5. The standard InChI is InChI=1S/C25H32N4O/c1-18-22-9-10-23(30)29(17-20-7-8-20)25(22)27-24(26-18)21-12-15-28(16-13-21)14-11-19-5-3-2-4-6-19/h2-6,20-21H,7-17H2,1H3. The van der Waals surface area contributed by atoms with Crippen molar-refractivity contribution in [2.75, 3.05) is 31.1 Å². The first-order chi connectivity index (χ1) is 14.7. The molecule has 158 valence electrons. The lowest BCUT2D eigenvalue weighted by molar-refractivity contribution is -0.119. The Kier molecular flexibility index (Phi) is 5.55. The Morgan fingerprint density at radius 1 is 1.00 bits per heavy atom. The average molecular weight is 405 g/mol. The van der Waals surface area contributed by atoms with Crippen LogP contribution in [0.15, 0.2) is 30.3 Å². The lowest BCUT2D eigenvalue weighted by Gasteiger charge is -2.33. The number of hydrogen-bond donors (Lipinski definition) is 0. The Balaban J connectivity index is 1.26. The van der Waals surface area contributed by atoms with E-state index >= 15 is 0 Å². The second kappa shape index (κ2) is 8.46. The highest BCUT2D eigenvalue weighted by Gasteiger charge is 2.34. The maximum Gasteiger partial charge on any atom is 0.228 e. The van der Waals surface area contributed by atoms with Crippen LogP contribution in [-0.2, 0) is 17.6 Å². The first-order valence-corrected chi connectivity index (χ1v) is 11.6. The van der Waals surface area contributed by atoms with Gasteiger partial charge in [0, 0.05) is 36.7 Å². The molecule has 1 amide bonds. The molecule has 5 nitrogen and oxygen atoms in total. The van der Waals surface area contributed by atoms with Crippen LogP contribution in [0, 0.1) is 12.8 Å². The van der Waals surface area contributed by atoms with E-state index in [0.29, 0.717) is 18.3 Å². The van der Waals surface area contributed by atoms with E-state index in [2.05, 4.69) is 42.2 Å². The van der Waals surface area contributed by atoms with Crippen molar-refractivity contribution < 1.29 is 4.79 Å². The molecule has 0 unspecified atom stereocenters. The molecule has 1 aromatic heterocycles. The summed E-state index contributed by atoms with van der Waals surface area (Å²) in [5.41, 5.74) is 3.68. The summed E-state index contributed by atoms with van der Waals surface area (Å²) in [5.74, 6) is 3.21. The summed E-state index contributed by atoms with van der Waals surface area (Å²) in [5, 5.41) is 0. The molecule has 1 saturated heterocycles. The van der Waals surface area contributed by atoms with Crippen molar-refractivity contribution in [3.8, 4) is 0 Å². The minimum atomic E-state index is 0.245. The van der Waals surface area contributed by atoms with Gasteiger partial charge in [-0.25, -0.2) is 9.97 Å². The Hall–Kier alpha value is -2.27. The number of amides is 1. The van der Waals surface area contributed by atoms with E-state index in [1.807, 2.05) is 4.90 Å². The number of aryl methyl sites for hydroxylation is 1. The molecule has 0 atom stereocenters. The second-order valence-electron chi connectivity index (χ2n) is 9.27. The van der Waals surface area contributed by atoms with Crippen molar-refractivity contribution in [2.45, 2.75) is 57.8 Å². The van der Waals surface area contributed by atoms with Gasteiger partial charge < -0.3 is 4.90 Å². The van der Waals surface area contributed by atoms with Gasteiger partial charge >= 0.3 is 0 Å². The zero-order valence-corrected chi connectivity index (χ0v) is 18.0. The number of nitrogens with zero attached hydrogens (tertiary/aromatic N) is 4. The molecule has 0 radical (unpaired) electrons. The van der Waals surface area contributed by atoms with Crippen LogP contribution >= 0.6 is 0 Å². The molecule has 5 rings (SSSR count). The van der Waals surface area contributed by atoms with Crippen molar-refractivity contribution in [2.24, 2.45) is 5.92 Å². The molecule has 1 aliphatic carbocycles. The van der Waals surface area contributed by atoms with Gasteiger partial charge in [-0.3, -0.25) is 9.69 Å². The van der Waals surface area contributed by atoms with Crippen molar-refractivity contribution in [1.29, 1.82) is 0 Å². The van der Waals surface area contributed by atoms with Crippen molar-refractivity contribution in [1.82, 2.24) is 14.9 Å². The van der Waals surface area contributed by atoms with Crippen molar-refractivity contribution in [3.63, 3.8) is 0 Å². The van der Waals surface area contributed by atoms with Gasteiger partial charge in [0.05, 0.1) is 0 Å². The quantitative estimate of drug-likeness (QED) is 0.733. The summed E-state index contributed by atoms with van der Waals surface area (Å²) < 4.78 is 0. The van der Waals surface area contributed by atoms with Crippen LogP contribution in [0.3, 0.4) is 0 Å². The number of carbonyl (C=O) groups is 1. The maximum atomic E-state index is 12.6. The highest BCUT2D eigenvalue weighted by molar-refractivity contribution is 5.95. The number of benzene rings is 1. The van der Waals surface area contributed by atoms with Crippen LogP contribution in [0.2, 0.25) is 0 Å². The third-order valence-electron chi connectivity index (χ3n) is 7.00. The Bertz CT molecular complexity index is 901. The number of piperidine rings is 1. The van der Waals surface area contributed by atoms with E-state index in [1.54, 1.807) is 0 Å². The van der Waals surface area contributed by atoms with Gasteiger partial charge in [0.25, 0.3) is 0 Å². The predicted molar refractivity (Wildman–Crippen MR) is 119 cm³/mol. The summed E-state index contributed by atoms with van der Waals surface area (Å²) in [6, 6.07) is 10.7. The lowest BCUT2D eigenvalue weighted by Crippen LogP contribution is -2.39. The fourth-order valence-electron chi connectivity index (χ4n) is 4.88. The van der Waals surface area contributed by atoms with Gasteiger partial charge in [0.1, 0.15) is 11.6 Å². The van der Waals surface area contributed by atoms with Gasteiger partial charge in [-0.2, -0.15) is 0 Å². The van der Waals surface area contributed by atoms with Crippen LogP contribution in [0.25, 0.3) is 0 Å². The highest BCUT2D eigenvalue weighted by atomic mass is 16.2. The number of fused-ring (bicyclic) bond motifs is 1. The second-order valence-corrected chi connectivity index (χ2v) is 9.27. The summed E-state index contributed by atoms with van der Waals surface area (Å²) in [7, 11) is 0. The fraction of sp³-hybridized carbons (Fsp3) is 0.560. The van der Waals surface area contributed by atoms with Crippen molar-refractivity contribution in [3.05, 3.63) is 53.0 Å². The van der Waals surface area contributed by atoms with Gasteiger partial charge in [-0.05, 0) is 70.0 Å². The van der Waals surface area contributed by atoms with Crippen LogP contribution in [-0.4, -0.2) is 47.0 Å². The minimum Gasteiger partial charge on any atom is -0.303 e. The molecule has 2 fully saturated rings. The first kappa shape index (κ1) is 19.7. The lowest BCUT2D eigenvalue weighted by atomic mass is 9.94. The van der Waals surface area contributed by atoms with Crippen molar-refractivity contribution >= 4 is 11.7 Å². The monoisotopic (exact) mass is 404 g/mol. The number of hydrogen-bond acceptors (Lipinski definition) is 4. The Labute approximate surface area is 179 Å². The van der Waals surface area contributed by atoms with E-state index in [1.165, 1.54) is 24.0 Å². The third kappa shape index (κ3) is 4.27. The summed E-state index contributed by atoms with van der Waals surface area (Å²) >= 11 is 0. The van der Waals surface area contributed by atoms with Gasteiger partial charge in [-0.15, -0.1) is 0 Å². The topological polar surface area (TPSA) is 49.3 Å². The fourth-order valence-corrected chi connectivity index (χ4v) is 4.88. The molecule has 30 heavy (non-hydrogen) atoms. The Morgan fingerprint density at radius 2 is 1.77 bits per heavy atom. The molecule has 3 aliphatic rings. The Morgan fingerprint density at radius 3 is 2.50 bits per heavy atom. The number of anilines is 1. The van der Waals surface area contributed by atoms with E-state index < -0.39 is 0 Å². The van der Waals surface area contributed by atoms with E-state index in [0.717, 1.165) is 69.2 Å². The summed E-state index contributed by atoms with van der Waals surface area (Å²) in [4.78, 5) is 27.1. The van der Waals surface area contributed by atoms with Crippen LogP contribution < -0.4 is 4.90 Å². The molecule has 0 N–H and O–H groups in total. The largest absolute Gasteiger partial charge is 0.303 e. The molecule has 0 bridgehead atoms. The predicted octanol–water partition coefficient (Wildman–Crippen LogP) is 3.90. The number of likely N-dealkylation sites (tertiary alicyclic amines) is 1. The number of rotatable bonds is 6. The molecule has 5 heteroatoms. The van der Waals surface area contributed by atoms with E-state index in [4.69, 9.17) is 9.97 Å². The molecule has 0 spiro atoms. The molecule has 1 aromatic carbocycles. The molecular formula is C25H32N4O. The molecule has 1 saturated carbocycles. The molecule has 3 heterocycles. The minimum absolute atomic E-state index is 0.245. The number of carbonyl (C=O) groups excluding carboxylic acids is 1. The van der Waals surface area contributed by atoms with Crippen LogP contribution in [0.4, 0.5) is 5.82 Å². The van der Waals surface area contributed by atoms with Gasteiger partial charge in [-0.1, -0.05) is 30.3 Å². The summed E-state index contributed by atoms with van der Waals surface area (Å²) in [6.45, 7) is 6.26. The average Bonchev–Trinajstić information content (AvgIpc) is 3.59. The SMILES string of the molecule is Cc1nc(C2CCN(CCc3ccccc3)CC2)nc2c1CCC(=O)N2CC1CC1. The van der Waals surface area contributed by atoms with Crippen LogP contribution in [0.5, 0.6) is 0 Å². The summed E-state index contributed by atoms with van der Waals surface area (Å²) in [6.07, 6.45) is 7.20. The maximum absolute atomic E-state index is 12.6. The first-order valence-electron chi connectivity index (χ1n) is 11.6. The zero-order valence-electron chi connectivity index (χ0n) is 18.0.